The molecule has 4 nitrogen and oxygen atoms in total. The van der Waals surface area contributed by atoms with Gasteiger partial charge in [0.1, 0.15) is 0 Å². The Morgan fingerprint density at radius 3 is 1.82 bits per heavy atom. The number of nitrogens with zero attached hydrogens (tertiary/aromatic N) is 1. The molecule has 2 N–H and O–H groups in total. The molecule has 0 aliphatic carbocycles. The molecule has 1 aliphatic rings. The van der Waals surface area contributed by atoms with E-state index in [2.05, 4.69) is 0 Å². The second kappa shape index (κ2) is 4.85. The molecule has 0 atom stereocenters. The second-order valence-corrected chi connectivity index (χ2v) is 1.90. The van der Waals surface area contributed by atoms with E-state index in [1.807, 2.05) is 13.8 Å². The Labute approximate surface area is 66.4 Å². The Balaban J connectivity index is 0.000000461. The van der Waals surface area contributed by atoms with Crippen molar-refractivity contribution in [1.82, 2.24) is 4.90 Å². The predicted octanol–water partition coefficient (Wildman–Crippen LogP) is 0.0778. The molecule has 2 amide bonds. The van der Waals surface area contributed by atoms with Crippen LogP contribution in [0, 0.1) is 0 Å². The van der Waals surface area contributed by atoms with Gasteiger partial charge in [-0.15, -0.1) is 0 Å². The topological polar surface area (TPSA) is 63.4 Å². The number of hydrogen-bond donors (Lipinski definition) is 1. The lowest BCUT2D eigenvalue weighted by Crippen LogP contribution is -2.34. The number of amides is 2. The smallest absolute Gasteiger partial charge is 0.230 e. The van der Waals surface area contributed by atoms with Crippen molar-refractivity contribution in [2.45, 2.75) is 26.7 Å². The third-order valence-electron chi connectivity index (χ3n) is 1.34. The quantitative estimate of drug-likeness (QED) is 0.549. The number of hydrogen-bond acceptors (Lipinski definition) is 3. The highest BCUT2D eigenvalue weighted by Crippen LogP contribution is 2.08. The molecular formula is C7H14N2O2. The normalized spacial score (nSPS) is 16.5. The highest BCUT2D eigenvalue weighted by Gasteiger charge is 2.26. The lowest BCUT2D eigenvalue weighted by atomic mass is 10.4. The molecule has 0 aromatic rings. The Bertz CT molecular complexity index is 141. The zero-order chi connectivity index (χ0) is 8.85. The maximum Gasteiger partial charge on any atom is 0.230 e. The van der Waals surface area contributed by atoms with Gasteiger partial charge in [0.05, 0.1) is 6.67 Å². The SMILES string of the molecule is CC.NCN1C(=O)CCC1=O. The van der Waals surface area contributed by atoms with E-state index in [1.165, 1.54) is 0 Å². The highest BCUT2D eigenvalue weighted by atomic mass is 16.2. The van der Waals surface area contributed by atoms with Gasteiger partial charge in [-0.2, -0.15) is 0 Å². The largest absolute Gasteiger partial charge is 0.313 e. The lowest BCUT2D eigenvalue weighted by molar-refractivity contribution is -0.138. The van der Waals surface area contributed by atoms with E-state index in [4.69, 9.17) is 5.73 Å². The maximum atomic E-state index is 10.6. The van der Waals surface area contributed by atoms with Gasteiger partial charge < -0.3 is 5.73 Å². The summed E-state index contributed by atoms with van der Waals surface area (Å²) < 4.78 is 0. The summed E-state index contributed by atoms with van der Waals surface area (Å²) in [7, 11) is 0. The van der Waals surface area contributed by atoms with Crippen LogP contribution in [0.2, 0.25) is 0 Å². The van der Waals surface area contributed by atoms with Gasteiger partial charge in [-0.1, -0.05) is 13.8 Å². The summed E-state index contributed by atoms with van der Waals surface area (Å²) in [5, 5.41) is 0. The van der Waals surface area contributed by atoms with E-state index in [-0.39, 0.29) is 18.5 Å². The molecule has 11 heavy (non-hydrogen) atoms. The van der Waals surface area contributed by atoms with Crippen LogP contribution in [0.25, 0.3) is 0 Å². The first kappa shape index (κ1) is 10.1. The molecule has 0 unspecified atom stereocenters. The molecule has 0 radical (unpaired) electrons. The van der Waals surface area contributed by atoms with Crippen molar-refractivity contribution in [2.75, 3.05) is 6.67 Å². The van der Waals surface area contributed by atoms with E-state index in [9.17, 15) is 9.59 Å². The Hall–Kier alpha value is -0.900. The van der Waals surface area contributed by atoms with E-state index in [0.717, 1.165) is 4.90 Å². The standard InChI is InChI=1S/C5H8N2O2.C2H6/c6-3-7-4(8)1-2-5(7)9;1-2/h1-3,6H2;1-2H3. The van der Waals surface area contributed by atoms with Crippen LogP contribution in [-0.4, -0.2) is 23.4 Å². The van der Waals surface area contributed by atoms with Crippen LogP contribution in [0.4, 0.5) is 0 Å². The van der Waals surface area contributed by atoms with Gasteiger partial charge in [-0.3, -0.25) is 14.5 Å². The number of nitrogens with two attached hydrogens (primary N) is 1. The van der Waals surface area contributed by atoms with Crippen molar-refractivity contribution >= 4 is 11.8 Å². The van der Waals surface area contributed by atoms with Crippen LogP contribution in [0.15, 0.2) is 0 Å². The molecule has 1 aliphatic heterocycles. The van der Waals surface area contributed by atoms with Crippen molar-refractivity contribution < 1.29 is 9.59 Å². The van der Waals surface area contributed by atoms with E-state index >= 15 is 0 Å². The minimum Gasteiger partial charge on any atom is -0.313 e. The van der Waals surface area contributed by atoms with Crippen LogP contribution in [0.3, 0.4) is 0 Å². The summed E-state index contributed by atoms with van der Waals surface area (Å²) in [6, 6.07) is 0. The zero-order valence-corrected chi connectivity index (χ0v) is 6.96. The number of rotatable bonds is 1. The average Bonchev–Trinajstić information content (AvgIpc) is 2.35. The second-order valence-electron chi connectivity index (χ2n) is 1.90. The molecule has 1 rings (SSSR count). The zero-order valence-electron chi connectivity index (χ0n) is 6.96. The number of carbonyl (C=O) groups excluding carboxylic acids is 2. The van der Waals surface area contributed by atoms with Crippen molar-refractivity contribution in [2.24, 2.45) is 5.73 Å². The molecule has 0 saturated carbocycles. The molecule has 1 saturated heterocycles. The van der Waals surface area contributed by atoms with Crippen molar-refractivity contribution in [1.29, 1.82) is 0 Å². The van der Waals surface area contributed by atoms with Gasteiger partial charge in [0.2, 0.25) is 11.8 Å². The molecule has 0 aromatic heterocycles. The molecule has 4 heteroatoms. The van der Waals surface area contributed by atoms with Crippen molar-refractivity contribution in [3.05, 3.63) is 0 Å². The molecule has 64 valence electrons. The summed E-state index contributed by atoms with van der Waals surface area (Å²) in [6.45, 7) is 4.03. The predicted molar refractivity (Wildman–Crippen MR) is 41.5 cm³/mol. The van der Waals surface area contributed by atoms with Crippen LogP contribution in [0.1, 0.15) is 26.7 Å². The third kappa shape index (κ3) is 2.31. The molecule has 1 heterocycles. The monoisotopic (exact) mass is 158 g/mol. The van der Waals surface area contributed by atoms with Crippen LogP contribution in [-0.2, 0) is 9.59 Å². The van der Waals surface area contributed by atoms with Crippen molar-refractivity contribution in [3.63, 3.8) is 0 Å². The molecule has 0 aromatic carbocycles. The first-order valence-corrected chi connectivity index (χ1v) is 3.79. The minimum atomic E-state index is -0.150. The van der Waals surface area contributed by atoms with E-state index in [1.54, 1.807) is 0 Å². The molecular weight excluding hydrogens is 144 g/mol. The number of likely N-dealkylation sites (tertiary alicyclic amines) is 1. The van der Waals surface area contributed by atoms with Crippen LogP contribution < -0.4 is 5.73 Å². The fourth-order valence-corrected chi connectivity index (χ4v) is 0.827. The fourth-order valence-electron chi connectivity index (χ4n) is 0.827. The molecule has 0 bridgehead atoms. The minimum absolute atomic E-state index is 0.0255. The Kier molecular flexibility index (Phi) is 4.45. The lowest BCUT2D eigenvalue weighted by Gasteiger charge is -2.07. The van der Waals surface area contributed by atoms with Gasteiger partial charge in [-0.25, -0.2) is 0 Å². The summed E-state index contributed by atoms with van der Waals surface area (Å²) >= 11 is 0. The van der Waals surface area contributed by atoms with Gasteiger partial charge >= 0.3 is 0 Å². The summed E-state index contributed by atoms with van der Waals surface area (Å²) in [4.78, 5) is 22.4. The first-order valence-electron chi connectivity index (χ1n) is 3.79. The van der Waals surface area contributed by atoms with Gasteiger partial charge in [0, 0.05) is 12.8 Å². The number of imide groups is 1. The average molecular weight is 158 g/mol. The van der Waals surface area contributed by atoms with E-state index < -0.39 is 0 Å². The summed E-state index contributed by atoms with van der Waals surface area (Å²) in [6.07, 6.45) is 0.659. The first-order chi connectivity index (χ1) is 5.25. The molecule has 0 spiro atoms. The van der Waals surface area contributed by atoms with E-state index in [0.29, 0.717) is 12.8 Å². The van der Waals surface area contributed by atoms with Crippen LogP contribution >= 0.6 is 0 Å². The fraction of sp³-hybridized carbons (Fsp3) is 0.714. The van der Waals surface area contributed by atoms with Gasteiger partial charge in [-0.05, 0) is 0 Å². The third-order valence-corrected chi connectivity index (χ3v) is 1.34. The van der Waals surface area contributed by atoms with Gasteiger partial charge in [0.25, 0.3) is 0 Å². The Morgan fingerprint density at radius 1 is 1.27 bits per heavy atom. The van der Waals surface area contributed by atoms with Gasteiger partial charge in [0.15, 0.2) is 0 Å². The summed E-state index contributed by atoms with van der Waals surface area (Å²) in [5.74, 6) is -0.301. The number of carbonyl (C=O) groups is 2. The summed E-state index contributed by atoms with van der Waals surface area (Å²) in [5.41, 5.74) is 5.10. The Morgan fingerprint density at radius 2 is 1.64 bits per heavy atom. The highest BCUT2D eigenvalue weighted by molar-refractivity contribution is 6.01. The van der Waals surface area contributed by atoms with Crippen LogP contribution in [0.5, 0.6) is 0 Å². The van der Waals surface area contributed by atoms with Crippen molar-refractivity contribution in [3.8, 4) is 0 Å². The molecule has 1 fully saturated rings. The maximum absolute atomic E-state index is 10.6.